The van der Waals surface area contributed by atoms with Crippen LogP contribution in [0.15, 0.2) is 59.8 Å². The number of rotatable bonds is 4. The number of benzene rings is 1. The van der Waals surface area contributed by atoms with E-state index < -0.39 is 0 Å². The molecule has 2 heterocycles. The third kappa shape index (κ3) is 4.07. The minimum atomic E-state index is -0.106. The summed E-state index contributed by atoms with van der Waals surface area (Å²) in [5, 5.41) is 12.2. The van der Waals surface area contributed by atoms with Crippen molar-refractivity contribution in [2.45, 2.75) is 24.2 Å². The Balaban J connectivity index is 1.63. The van der Waals surface area contributed by atoms with Crippen LogP contribution < -0.4 is 4.73 Å². The fraction of sp³-hybridized carbons (Fsp3) is 0.333. The normalized spacial score (nSPS) is 20.8. The van der Waals surface area contributed by atoms with Crippen LogP contribution in [0.1, 0.15) is 18.6 Å². The molecule has 2 atom stereocenters. The van der Waals surface area contributed by atoms with Crippen molar-refractivity contribution in [3.63, 3.8) is 0 Å². The van der Waals surface area contributed by atoms with Crippen LogP contribution in [0.2, 0.25) is 0 Å². The molecule has 0 radical (unpaired) electrons. The number of thioether (sulfide) groups is 1. The van der Waals surface area contributed by atoms with Gasteiger partial charge in [0.2, 0.25) is 5.91 Å². The van der Waals surface area contributed by atoms with Gasteiger partial charge in [-0.2, -0.15) is 4.73 Å². The molecule has 2 aromatic rings. The van der Waals surface area contributed by atoms with E-state index in [1.807, 2.05) is 42.2 Å². The van der Waals surface area contributed by atoms with Crippen molar-refractivity contribution >= 4 is 17.7 Å². The highest BCUT2D eigenvalue weighted by atomic mass is 32.2. The molecule has 6 heteroatoms. The van der Waals surface area contributed by atoms with E-state index in [1.165, 1.54) is 18.0 Å². The topological polar surface area (TPSA) is 56.5 Å². The average Bonchev–Trinajstić information content (AvgIpc) is 2.61. The SMILES string of the molecule is C[C@H]1CN(C(=O)CSc2cccc[n+]2[O-])C[C@@H](c2ccccc2)O1. The largest absolute Gasteiger partial charge is 0.618 e. The summed E-state index contributed by atoms with van der Waals surface area (Å²) in [7, 11) is 0. The van der Waals surface area contributed by atoms with Gasteiger partial charge in [0.05, 0.1) is 18.4 Å². The molecule has 24 heavy (non-hydrogen) atoms. The summed E-state index contributed by atoms with van der Waals surface area (Å²) in [6.07, 6.45) is 1.32. The van der Waals surface area contributed by atoms with E-state index in [0.717, 1.165) is 10.3 Å². The minimum absolute atomic E-state index is 0.0147. The highest BCUT2D eigenvalue weighted by Gasteiger charge is 2.29. The number of amides is 1. The first-order chi connectivity index (χ1) is 11.6. The van der Waals surface area contributed by atoms with E-state index >= 15 is 0 Å². The molecule has 1 fully saturated rings. The molecule has 1 saturated heterocycles. The molecule has 0 unspecified atom stereocenters. The molecule has 0 spiro atoms. The van der Waals surface area contributed by atoms with E-state index in [9.17, 15) is 10.0 Å². The Labute approximate surface area is 145 Å². The zero-order valence-electron chi connectivity index (χ0n) is 13.5. The lowest BCUT2D eigenvalue weighted by Crippen LogP contribution is -2.46. The number of hydrogen-bond donors (Lipinski definition) is 0. The van der Waals surface area contributed by atoms with Crippen molar-refractivity contribution in [1.29, 1.82) is 0 Å². The second-order valence-electron chi connectivity index (χ2n) is 5.80. The zero-order valence-corrected chi connectivity index (χ0v) is 14.3. The number of ether oxygens (including phenoxy) is 1. The minimum Gasteiger partial charge on any atom is -0.618 e. The van der Waals surface area contributed by atoms with Gasteiger partial charge in [-0.15, -0.1) is 0 Å². The van der Waals surface area contributed by atoms with Crippen molar-refractivity contribution in [1.82, 2.24) is 4.90 Å². The first-order valence-corrected chi connectivity index (χ1v) is 8.91. The summed E-state index contributed by atoms with van der Waals surface area (Å²) in [6.45, 7) is 3.10. The van der Waals surface area contributed by atoms with E-state index in [-0.39, 0.29) is 23.9 Å². The van der Waals surface area contributed by atoms with Crippen molar-refractivity contribution in [3.8, 4) is 0 Å². The van der Waals surface area contributed by atoms with Crippen LogP contribution in [0.4, 0.5) is 0 Å². The molecule has 0 saturated carbocycles. The van der Waals surface area contributed by atoms with Crippen molar-refractivity contribution in [2.24, 2.45) is 0 Å². The first kappa shape index (κ1) is 16.8. The third-order valence-electron chi connectivity index (χ3n) is 3.92. The molecule has 5 nitrogen and oxygen atoms in total. The molecular formula is C18H20N2O3S. The predicted molar refractivity (Wildman–Crippen MR) is 92.4 cm³/mol. The lowest BCUT2D eigenvalue weighted by molar-refractivity contribution is -0.645. The summed E-state index contributed by atoms with van der Waals surface area (Å²) < 4.78 is 6.76. The van der Waals surface area contributed by atoms with Gasteiger partial charge in [-0.25, -0.2) is 0 Å². The molecule has 0 N–H and O–H groups in total. The van der Waals surface area contributed by atoms with E-state index in [2.05, 4.69) is 0 Å². The van der Waals surface area contributed by atoms with E-state index in [1.54, 1.807) is 18.2 Å². The van der Waals surface area contributed by atoms with Crippen LogP contribution in [-0.4, -0.2) is 35.8 Å². The van der Waals surface area contributed by atoms with Crippen LogP contribution in [-0.2, 0) is 9.53 Å². The third-order valence-corrected chi connectivity index (χ3v) is 4.92. The number of pyridine rings is 1. The molecule has 0 aliphatic carbocycles. The Morgan fingerprint density at radius 3 is 2.75 bits per heavy atom. The van der Waals surface area contributed by atoms with Gasteiger partial charge in [0.1, 0.15) is 6.10 Å². The maximum absolute atomic E-state index is 12.5. The van der Waals surface area contributed by atoms with Gasteiger partial charge in [-0.05, 0) is 30.3 Å². The number of hydrogen-bond acceptors (Lipinski definition) is 4. The Hall–Kier alpha value is -2.05. The number of morpholine rings is 1. The van der Waals surface area contributed by atoms with Gasteiger partial charge in [0.25, 0.3) is 5.03 Å². The zero-order chi connectivity index (χ0) is 16.9. The molecule has 1 aliphatic heterocycles. The highest BCUT2D eigenvalue weighted by Crippen LogP contribution is 2.26. The summed E-state index contributed by atoms with van der Waals surface area (Å²) in [5.74, 6) is 0.278. The number of aromatic nitrogens is 1. The molecule has 1 aliphatic rings. The maximum atomic E-state index is 12.5. The van der Waals surface area contributed by atoms with E-state index in [0.29, 0.717) is 18.1 Å². The van der Waals surface area contributed by atoms with Gasteiger partial charge >= 0.3 is 0 Å². The summed E-state index contributed by atoms with van der Waals surface area (Å²) in [6, 6.07) is 15.1. The fourth-order valence-electron chi connectivity index (χ4n) is 2.76. The second kappa shape index (κ2) is 7.68. The molecule has 3 rings (SSSR count). The molecule has 1 aromatic carbocycles. The van der Waals surface area contributed by atoms with Crippen LogP contribution in [0.25, 0.3) is 0 Å². The lowest BCUT2D eigenvalue weighted by Gasteiger charge is -2.37. The smallest absolute Gasteiger partial charge is 0.251 e. The van der Waals surface area contributed by atoms with Crippen molar-refractivity contribution in [3.05, 3.63) is 65.5 Å². The van der Waals surface area contributed by atoms with E-state index in [4.69, 9.17) is 4.74 Å². The van der Waals surface area contributed by atoms with Gasteiger partial charge in [-0.1, -0.05) is 30.3 Å². The van der Waals surface area contributed by atoms with Gasteiger partial charge < -0.3 is 14.8 Å². The second-order valence-corrected chi connectivity index (χ2v) is 6.79. The number of nitrogens with zero attached hydrogens (tertiary/aromatic N) is 2. The molecule has 1 amide bonds. The Morgan fingerprint density at radius 1 is 1.25 bits per heavy atom. The predicted octanol–water partition coefficient (Wildman–Crippen LogP) is 2.40. The monoisotopic (exact) mass is 344 g/mol. The molecular weight excluding hydrogens is 324 g/mol. The van der Waals surface area contributed by atoms with Crippen LogP contribution >= 0.6 is 11.8 Å². The molecule has 0 bridgehead atoms. The lowest BCUT2D eigenvalue weighted by atomic mass is 10.1. The molecule has 126 valence electrons. The van der Waals surface area contributed by atoms with Gasteiger partial charge in [-0.3, -0.25) is 4.79 Å². The fourth-order valence-corrected chi connectivity index (χ4v) is 3.58. The Kier molecular flexibility index (Phi) is 5.37. The highest BCUT2D eigenvalue weighted by molar-refractivity contribution is 7.99. The van der Waals surface area contributed by atoms with Gasteiger partial charge in [0, 0.05) is 18.7 Å². The van der Waals surface area contributed by atoms with Crippen LogP contribution in [0, 0.1) is 5.21 Å². The average molecular weight is 344 g/mol. The van der Waals surface area contributed by atoms with Crippen LogP contribution in [0.3, 0.4) is 0 Å². The number of carbonyl (C=O) groups is 1. The Morgan fingerprint density at radius 2 is 2.00 bits per heavy atom. The van der Waals surface area contributed by atoms with Crippen molar-refractivity contribution in [2.75, 3.05) is 18.8 Å². The Bertz CT molecular complexity index is 696. The standard InChI is InChI=1S/C18H20N2O3S/c1-14-11-19(12-16(23-14)15-7-3-2-4-8-15)17(21)13-24-18-9-5-6-10-20(18)22/h2-10,14,16H,11-13H2,1H3/t14-,16-/m0/s1. The van der Waals surface area contributed by atoms with Crippen molar-refractivity contribution < 1.29 is 14.3 Å². The summed E-state index contributed by atoms with van der Waals surface area (Å²) in [5.41, 5.74) is 1.08. The first-order valence-electron chi connectivity index (χ1n) is 7.92. The summed E-state index contributed by atoms with van der Waals surface area (Å²) in [4.78, 5) is 14.4. The molecule has 1 aromatic heterocycles. The van der Waals surface area contributed by atoms with Gasteiger partial charge in [0.15, 0.2) is 6.20 Å². The number of carbonyl (C=O) groups excluding carboxylic acids is 1. The summed E-state index contributed by atoms with van der Waals surface area (Å²) >= 11 is 1.27. The maximum Gasteiger partial charge on any atom is 0.251 e. The van der Waals surface area contributed by atoms with Crippen LogP contribution in [0.5, 0.6) is 0 Å². The quantitative estimate of drug-likeness (QED) is 0.485.